The van der Waals surface area contributed by atoms with Crippen molar-refractivity contribution in [3.63, 3.8) is 0 Å². The maximum absolute atomic E-state index is 12.4. The lowest BCUT2D eigenvalue weighted by Gasteiger charge is -2.37. The molecule has 1 aromatic heterocycles. The molecule has 0 radical (unpaired) electrons. The Labute approximate surface area is 163 Å². The van der Waals surface area contributed by atoms with Crippen molar-refractivity contribution in [2.24, 2.45) is 11.1 Å². The molecular formula is C21H35N3O3. The topological polar surface area (TPSA) is 66.9 Å². The van der Waals surface area contributed by atoms with E-state index in [1.54, 1.807) is 0 Å². The largest absolute Gasteiger partial charge is 0.468 e. The highest BCUT2D eigenvalue weighted by atomic mass is 16.6. The van der Waals surface area contributed by atoms with Gasteiger partial charge in [-0.25, -0.2) is 0 Å². The van der Waals surface area contributed by atoms with Crippen molar-refractivity contribution < 1.29 is 14.4 Å². The molecule has 0 bridgehead atoms. The molecule has 2 rings (SSSR count). The number of carbonyl (C=O) groups excluding carboxylic acids is 1. The van der Waals surface area contributed by atoms with Crippen LogP contribution in [-0.4, -0.2) is 47.9 Å². The van der Waals surface area contributed by atoms with Crippen LogP contribution in [0, 0.1) is 5.92 Å². The number of carbonyl (C=O) groups is 1. The molecular weight excluding hydrogens is 342 g/mol. The number of unbranched alkanes of at least 4 members (excludes halogenated alkanes) is 3. The molecule has 0 saturated carbocycles. The molecule has 1 N–H and O–H groups in total. The second kappa shape index (κ2) is 10.5. The lowest BCUT2D eigenvalue weighted by atomic mass is 9.93. The summed E-state index contributed by atoms with van der Waals surface area (Å²) in [5.41, 5.74) is 2.23. The van der Waals surface area contributed by atoms with Crippen molar-refractivity contribution in [3.8, 4) is 0 Å². The number of aromatic nitrogens is 1. The van der Waals surface area contributed by atoms with E-state index in [1.807, 2.05) is 39.4 Å². The third kappa shape index (κ3) is 5.58. The maximum atomic E-state index is 12.4. The van der Waals surface area contributed by atoms with Gasteiger partial charge in [0.15, 0.2) is 6.10 Å². The second-order valence-electron chi connectivity index (χ2n) is 7.78. The lowest BCUT2D eigenvalue weighted by molar-refractivity contribution is -0.150. The van der Waals surface area contributed by atoms with Gasteiger partial charge in [0, 0.05) is 18.8 Å². The third-order valence-electron chi connectivity index (χ3n) is 5.34. The van der Waals surface area contributed by atoms with Gasteiger partial charge in [0.05, 0.1) is 18.9 Å². The summed E-state index contributed by atoms with van der Waals surface area (Å²) >= 11 is 0. The smallest absolute Gasteiger partial charge is 0.323 e. The predicted octanol–water partition coefficient (Wildman–Crippen LogP) is 4.30. The monoisotopic (exact) mass is 377 g/mol. The molecule has 1 aliphatic rings. The van der Waals surface area contributed by atoms with Gasteiger partial charge in [0.1, 0.15) is 6.04 Å². The van der Waals surface area contributed by atoms with Crippen molar-refractivity contribution in [2.75, 3.05) is 14.2 Å². The average Bonchev–Trinajstić information content (AvgIpc) is 3.31. The number of nitrogens with one attached hydrogen (secondary N) is 1. The molecule has 3 unspecified atom stereocenters. The lowest BCUT2D eigenvalue weighted by Crippen LogP contribution is -2.48. The molecule has 27 heavy (non-hydrogen) atoms. The summed E-state index contributed by atoms with van der Waals surface area (Å²) in [6.45, 7) is 6.30. The maximum Gasteiger partial charge on any atom is 0.323 e. The normalized spacial score (nSPS) is 19.1. The summed E-state index contributed by atoms with van der Waals surface area (Å²) in [7, 11) is 3.42. The molecule has 2 heterocycles. The Morgan fingerprint density at radius 3 is 2.78 bits per heavy atom. The Kier molecular flexibility index (Phi) is 8.35. The zero-order valence-corrected chi connectivity index (χ0v) is 17.4. The number of aromatic amines is 1. The molecule has 1 aromatic rings. The molecule has 0 spiro atoms. The van der Waals surface area contributed by atoms with Gasteiger partial charge in [0.25, 0.3) is 0 Å². The zero-order valence-electron chi connectivity index (χ0n) is 17.4. The highest BCUT2D eigenvalue weighted by molar-refractivity contribution is 5.85. The number of ether oxygens (including phenoxy) is 1. The van der Waals surface area contributed by atoms with Crippen molar-refractivity contribution in [3.05, 3.63) is 24.0 Å². The van der Waals surface area contributed by atoms with Crippen LogP contribution >= 0.6 is 0 Å². The first-order valence-corrected chi connectivity index (χ1v) is 10.1. The minimum absolute atomic E-state index is 0.0698. The Balaban J connectivity index is 2.11. The van der Waals surface area contributed by atoms with Crippen LogP contribution in [0.1, 0.15) is 70.9 Å². The zero-order chi connectivity index (χ0) is 19.8. The summed E-state index contributed by atoms with van der Waals surface area (Å²) < 4.78 is 5.06. The van der Waals surface area contributed by atoms with Gasteiger partial charge in [-0.3, -0.25) is 9.69 Å². The Morgan fingerprint density at radius 2 is 2.19 bits per heavy atom. The van der Waals surface area contributed by atoms with E-state index in [0.717, 1.165) is 30.5 Å². The summed E-state index contributed by atoms with van der Waals surface area (Å²) in [6, 6.07) is 1.63. The highest BCUT2D eigenvalue weighted by Crippen LogP contribution is 2.34. The van der Waals surface area contributed by atoms with Crippen molar-refractivity contribution in [2.45, 2.75) is 77.5 Å². The van der Waals surface area contributed by atoms with Gasteiger partial charge in [-0.1, -0.05) is 45.2 Å². The van der Waals surface area contributed by atoms with Gasteiger partial charge >= 0.3 is 5.97 Å². The predicted molar refractivity (Wildman–Crippen MR) is 108 cm³/mol. The van der Waals surface area contributed by atoms with Crippen LogP contribution in [0.2, 0.25) is 0 Å². The number of rotatable bonds is 11. The van der Waals surface area contributed by atoms with Crippen molar-refractivity contribution in [1.29, 1.82) is 0 Å². The molecule has 0 saturated heterocycles. The molecule has 0 aliphatic carbocycles. The van der Waals surface area contributed by atoms with Crippen LogP contribution < -0.4 is 0 Å². The second-order valence-corrected chi connectivity index (χ2v) is 7.78. The van der Waals surface area contributed by atoms with Crippen LogP contribution in [0.15, 0.2) is 23.6 Å². The van der Waals surface area contributed by atoms with Gasteiger partial charge in [-0.2, -0.15) is 0 Å². The van der Waals surface area contributed by atoms with Crippen LogP contribution in [0.25, 0.3) is 0 Å². The minimum atomic E-state index is -0.341. The number of esters is 1. The first kappa shape index (κ1) is 21.5. The van der Waals surface area contributed by atoms with E-state index in [4.69, 9.17) is 9.57 Å². The molecule has 6 heteroatoms. The molecule has 0 amide bonds. The minimum Gasteiger partial charge on any atom is -0.468 e. The molecule has 6 nitrogen and oxygen atoms in total. The van der Waals surface area contributed by atoms with Crippen molar-refractivity contribution >= 4 is 11.7 Å². The average molecular weight is 378 g/mol. The molecule has 152 valence electrons. The van der Waals surface area contributed by atoms with E-state index in [9.17, 15) is 4.79 Å². The molecule has 1 aliphatic heterocycles. The van der Waals surface area contributed by atoms with E-state index >= 15 is 0 Å². The number of hydrogen-bond donors (Lipinski definition) is 1. The van der Waals surface area contributed by atoms with E-state index in [-0.39, 0.29) is 30.1 Å². The van der Waals surface area contributed by atoms with Gasteiger partial charge < -0.3 is 14.6 Å². The summed E-state index contributed by atoms with van der Waals surface area (Å²) in [6.07, 6.45) is 10.5. The van der Waals surface area contributed by atoms with Crippen molar-refractivity contribution in [1.82, 2.24) is 9.88 Å². The number of oxime groups is 1. The fourth-order valence-corrected chi connectivity index (χ4v) is 3.96. The molecule has 0 aromatic carbocycles. The van der Waals surface area contributed by atoms with Gasteiger partial charge in [-0.05, 0) is 37.4 Å². The highest BCUT2D eigenvalue weighted by Gasteiger charge is 2.40. The number of H-pyrrole nitrogens is 1. The Hall–Kier alpha value is -1.82. The van der Waals surface area contributed by atoms with Crippen LogP contribution in [0.3, 0.4) is 0 Å². The van der Waals surface area contributed by atoms with Gasteiger partial charge in [0.2, 0.25) is 0 Å². The standard InChI is InChI=1S/C21H35N3O3/c1-6-7-8-9-10-17-13-18(27-23-17)20(16-11-12-22-14-16)24(4)19(15(2)3)21(25)26-5/h11-12,14-15,18-20,22H,6-10,13H2,1-5H3. The van der Waals surface area contributed by atoms with E-state index < -0.39 is 0 Å². The fourth-order valence-electron chi connectivity index (χ4n) is 3.96. The van der Waals surface area contributed by atoms with Crippen LogP contribution in [0.5, 0.6) is 0 Å². The van der Waals surface area contributed by atoms with E-state index in [1.165, 1.54) is 26.4 Å². The van der Waals surface area contributed by atoms with Crippen LogP contribution in [-0.2, 0) is 14.4 Å². The molecule has 0 fully saturated rings. The number of hydrogen-bond acceptors (Lipinski definition) is 5. The number of likely N-dealkylation sites (N-methyl/N-ethyl adjacent to an activating group) is 1. The van der Waals surface area contributed by atoms with E-state index in [2.05, 4.69) is 22.0 Å². The first-order chi connectivity index (χ1) is 13.0. The quantitative estimate of drug-likeness (QED) is 0.461. The third-order valence-corrected chi connectivity index (χ3v) is 5.34. The summed E-state index contributed by atoms with van der Waals surface area (Å²) in [5.74, 6) is -0.0912. The SMILES string of the molecule is CCCCCCC1=NOC(C(c2cc[nH]c2)N(C)C(C(=O)OC)C(C)C)C1. The first-order valence-electron chi connectivity index (χ1n) is 10.1. The van der Waals surface area contributed by atoms with Crippen LogP contribution in [0.4, 0.5) is 0 Å². The number of nitrogens with zero attached hydrogens (tertiary/aromatic N) is 2. The Morgan fingerprint density at radius 1 is 1.41 bits per heavy atom. The van der Waals surface area contributed by atoms with E-state index in [0.29, 0.717) is 0 Å². The van der Waals surface area contributed by atoms with Gasteiger partial charge in [-0.15, -0.1) is 0 Å². The summed E-state index contributed by atoms with van der Waals surface area (Å²) in [4.78, 5) is 23.5. The summed E-state index contributed by atoms with van der Waals surface area (Å²) in [5, 5.41) is 4.36. The fraction of sp³-hybridized carbons (Fsp3) is 0.714. The Bertz CT molecular complexity index is 598. The molecule has 3 atom stereocenters. The number of methoxy groups -OCH3 is 1.